The molecule has 94 valence electrons. The predicted molar refractivity (Wildman–Crippen MR) is 62.8 cm³/mol. The third-order valence-electron chi connectivity index (χ3n) is 2.12. The van der Waals surface area contributed by atoms with Gasteiger partial charge in [0.15, 0.2) is 0 Å². The molecule has 0 aliphatic carbocycles. The van der Waals surface area contributed by atoms with Crippen molar-refractivity contribution in [1.29, 1.82) is 0 Å². The van der Waals surface area contributed by atoms with Crippen LogP contribution in [0.1, 0.15) is 5.56 Å². The Morgan fingerprint density at radius 1 is 1.29 bits per heavy atom. The Morgan fingerprint density at radius 3 is 2.35 bits per heavy atom. The van der Waals surface area contributed by atoms with Gasteiger partial charge in [-0.1, -0.05) is 12.1 Å². The predicted octanol–water partition coefficient (Wildman–Crippen LogP) is 0.191. The molecule has 1 rings (SSSR count). The molecule has 0 atom stereocenters. The Labute approximate surface area is 99.2 Å². The van der Waals surface area contributed by atoms with Crippen molar-refractivity contribution in [2.45, 2.75) is 6.42 Å². The zero-order valence-corrected chi connectivity index (χ0v) is 10.0. The van der Waals surface area contributed by atoms with Gasteiger partial charge in [-0.3, -0.25) is 10.1 Å². The lowest BCUT2D eigenvalue weighted by Crippen LogP contribution is -2.35. The van der Waals surface area contributed by atoms with Crippen LogP contribution in [0.3, 0.4) is 0 Å². The lowest BCUT2D eigenvalue weighted by Gasteiger charge is -2.04. The molecule has 1 aromatic rings. The Morgan fingerprint density at radius 2 is 1.88 bits per heavy atom. The van der Waals surface area contributed by atoms with E-state index >= 15 is 0 Å². The number of hydrogen-bond acceptors (Lipinski definition) is 4. The summed E-state index contributed by atoms with van der Waals surface area (Å²) in [6.45, 7) is 0.237. The maximum atomic E-state index is 11.0. The number of rotatable bonds is 6. The molecule has 8 heteroatoms. The second-order valence-corrected chi connectivity index (χ2v) is 4.98. The molecule has 0 bridgehead atoms. The van der Waals surface area contributed by atoms with E-state index in [4.69, 9.17) is 0 Å². The smallest absolute Gasteiger partial charge is 0.258 e. The van der Waals surface area contributed by atoms with Gasteiger partial charge in [0.2, 0.25) is 0 Å². The van der Waals surface area contributed by atoms with Gasteiger partial charge >= 0.3 is 0 Å². The van der Waals surface area contributed by atoms with Crippen LogP contribution in [0.25, 0.3) is 0 Å². The average Bonchev–Trinajstić information content (AvgIpc) is 2.29. The normalized spacial score (nSPS) is 11.4. The lowest BCUT2D eigenvalue weighted by atomic mass is 10.1. The first-order valence-electron chi connectivity index (χ1n) is 4.86. The highest BCUT2D eigenvalue weighted by molar-refractivity contribution is 7.87. The lowest BCUT2D eigenvalue weighted by molar-refractivity contribution is -0.384. The van der Waals surface area contributed by atoms with E-state index in [1.54, 1.807) is 12.1 Å². The molecule has 0 saturated heterocycles. The first kappa shape index (κ1) is 13.6. The number of benzene rings is 1. The highest BCUT2D eigenvalue weighted by Gasteiger charge is 2.06. The summed E-state index contributed by atoms with van der Waals surface area (Å²) >= 11 is 0. The van der Waals surface area contributed by atoms with Crippen LogP contribution in [0.15, 0.2) is 24.3 Å². The van der Waals surface area contributed by atoms with Gasteiger partial charge in [-0.25, -0.2) is 9.44 Å². The highest BCUT2D eigenvalue weighted by atomic mass is 32.2. The van der Waals surface area contributed by atoms with Crippen molar-refractivity contribution < 1.29 is 13.3 Å². The standard InChI is InChI=1S/C9H13N3O4S/c1-10-17(15,16)11-7-6-8-2-4-9(5-3-8)12(13)14/h2-5,10-11H,6-7H2,1H3. The zero-order valence-electron chi connectivity index (χ0n) is 9.21. The largest absolute Gasteiger partial charge is 0.276 e. The van der Waals surface area contributed by atoms with Crippen molar-refractivity contribution >= 4 is 15.9 Å². The third-order valence-corrected chi connectivity index (χ3v) is 3.24. The van der Waals surface area contributed by atoms with E-state index in [0.29, 0.717) is 6.42 Å². The molecule has 0 spiro atoms. The Kier molecular flexibility index (Phi) is 4.55. The fourth-order valence-corrected chi connectivity index (χ4v) is 1.70. The van der Waals surface area contributed by atoms with Crippen LogP contribution in [-0.4, -0.2) is 26.9 Å². The van der Waals surface area contributed by atoms with E-state index in [0.717, 1.165) is 5.56 Å². The number of nitrogens with zero attached hydrogens (tertiary/aromatic N) is 1. The molecular formula is C9H13N3O4S. The quantitative estimate of drug-likeness (QED) is 0.562. The number of nitro groups is 1. The molecule has 0 unspecified atom stereocenters. The molecule has 0 aromatic heterocycles. The number of hydrogen-bond donors (Lipinski definition) is 2. The van der Waals surface area contributed by atoms with Crippen LogP contribution in [-0.2, 0) is 16.6 Å². The molecule has 0 heterocycles. The van der Waals surface area contributed by atoms with Gasteiger partial charge in [0, 0.05) is 25.7 Å². The number of nitrogens with one attached hydrogen (secondary N) is 2. The van der Waals surface area contributed by atoms with Gasteiger partial charge in [-0.2, -0.15) is 8.42 Å². The number of nitro benzene ring substituents is 1. The van der Waals surface area contributed by atoms with Crippen molar-refractivity contribution in [1.82, 2.24) is 9.44 Å². The van der Waals surface area contributed by atoms with Crippen LogP contribution in [0, 0.1) is 10.1 Å². The first-order valence-corrected chi connectivity index (χ1v) is 6.34. The van der Waals surface area contributed by atoms with E-state index in [2.05, 4.69) is 9.44 Å². The fourth-order valence-electron chi connectivity index (χ4n) is 1.19. The van der Waals surface area contributed by atoms with Crippen LogP contribution in [0.2, 0.25) is 0 Å². The molecule has 0 radical (unpaired) electrons. The van der Waals surface area contributed by atoms with E-state index in [-0.39, 0.29) is 12.2 Å². The molecule has 0 saturated carbocycles. The summed E-state index contributed by atoms with van der Waals surface area (Å²) in [4.78, 5) is 9.92. The second kappa shape index (κ2) is 5.71. The maximum absolute atomic E-state index is 11.0. The average molecular weight is 259 g/mol. The minimum atomic E-state index is -3.42. The molecule has 0 amide bonds. The summed E-state index contributed by atoms with van der Waals surface area (Å²) in [5.74, 6) is 0. The van der Waals surface area contributed by atoms with E-state index in [9.17, 15) is 18.5 Å². The Bertz CT molecular complexity index is 483. The van der Waals surface area contributed by atoms with Crippen LogP contribution < -0.4 is 9.44 Å². The summed E-state index contributed by atoms with van der Waals surface area (Å²) in [6.07, 6.45) is 0.471. The van der Waals surface area contributed by atoms with Crippen molar-refractivity contribution in [3.05, 3.63) is 39.9 Å². The molecule has 0 aliphatic heterocycles. The molecule has 0 fully saturated rings. The van der Waals surface area contributed by atoms with E-state index in [1.165, 1.54) is 19.2 Å². The van der Waals surface area contributed by atoms with Crippen LogP contribution in [0.4, 0.5) is 5.69 Å². The highest BCUT2D eigenvalue weighted by Crippen LogP contribution is 2.11. The van der Waals surface area contributed by atoms with Crippen molar-refractivity contribution in [2.24, 2.45) is 0 Å². The molecular weight excluding hydrogens is 246 g/mol. The summed E-state index contributed by atoms with van der Waals surface area (Å²) in [5, 5.41) is 10.4. The second-order valence-electron chi connectivity index (χ2n) is 3.28. The van der Waals surface area contributed by atoms with Gasteiger partial charge in [0.05, 0.1) is 4.92 Å². The summed E-state index contributed by atoms with van der Waals surface area (Å²) in [6, 6.07) is 5.99. The zero-order chi connectivity index (χ0) is 12.9. The summed E-state index contributed by atoms with van der Waals surface area (Å²) < 4.78 is 26.5. The number of non-ortho nitro benzene ring substituents is 1. The first-order chi connectivity index (χ1) is 7.94. The summed E-state index contributed by atoms with van der Waals surface area (Å²) in [5.41, 5.74) is 0.846. The van der Waals surface area contributed by atoms with Gasteiger partial charge in [-0.05, 0) is 12.0 Å². The summed E-state index contributed by atoms with van der Waals surface area (Å²) in [7, 11) is -2.11. The van der Waals surface area contributed by atoms with E-state index in [1.807, 2.05) is 0 Å². The molecule has 7 nitrogen and oxygen atoms in total. The van der Waals surface area contributed by atoms with Gasteiger partial charge < -0.3 is 0 Å². The fraction of sp³-hybridized carbons (Fsp3) is 0.333. The van der Waals surface area contributed by atoms with Crippen molar-refractivity contribution in [3.63, 3.8) is 0 Å². The van der Waals surface area contributed by atoms with E-state index < -0.39 is 15.1 Å². The van der Waals surface area contributed by atoms with Crippen LogP contribution in [0.5, 0.6) is 0 Å². The molecule has 2 N–H and O–H groups in total. The third kappa shape index (κ3) is 4.47. The van der Waals surface area contributed by atoms with Crippen molar-refractivity contribution in [3.8, 4) is 0 Å². The van der Waals surface area contributed by atoms with Crippen LogP contribution >= 0.6 is 0 Å². The van der Waals surface area contributed by atoms with Crippen molar-refractivity contribution in [2.75, 3.05) is 13.6 Å². The molecule has 0 aliphatic rings. The topological polar surface area (TPSA) is 101 Å². The monoisotopic (exact) mass is 259 g/mol. The maximum Gasteiger partial charge on any atom is 0.276 e. The van der Waals surface area contributed by atoms with Gasteiger partial charge in [0.1, 0.15) is 0 Å². The molecule has 17 heavy (non-hydrogen) atoms. The minimum Gasteiger partial charge on any atom is -0.258 e. The minimum absolute atomic E-state index is 0.0181. The Hall–Kier alpha value is -1.51. The molecule has 1 aromatic carbocycles. The Balaban J connectivity index is 2.51. The van der Waals surface area contributed by atoms with Gasteiger partial charge in [-0.15, -0.1) is 0 Å². The SMILES string of the molecule is CNS(=O)(=O)NCCc1ccc([N+](=O)[O-])cc1. The van der Waals surface area contributed by atoms with Gasteiger partial charge in [0.25, 0.3) is 15.9 Å².